The fraction of sp³-hybridized carbons (Fsp3) is 0.250. The van der Waals surface area contributed by atoms with Gasteiger partial charge in [-0.15, -0.1) is 0 Å². The molecule has 0 atom stereocenters. The minimum Gasteiger partial charge on any atom is -0.322 e. The highest BCUT2D eigenvalue weighted by Gasteiger charge is 2.28. The second-order valence-corrected chi connectivity index (χ2v) is 3.95. The highest BCUT2D eigenvalue weighted by atomic mass is 19.4. The number of halogens is 3. The van der Waals surface area contributed by atoms with Gasteiger partial charge in [-0.05, 0) is 18.6 Å². The van der Waals surface area contributed by atoms with Crippen molar-refractivity contribution in [1.29, 1.82) is 0 Å². The van der Waals surface area contributed by atoms with Crippen molar-refractivity contribution in [3.8, 4) is 0 Å². The Hall–Kier alpha value is -2.18. The summed E-state index contributed by atoms with van der Waals surface area (Å²) in [6.07, 6.45) is 4.50. The Kier molecular flexibility index (Phi) is 3.64. The number of nitrogens with zero attached hydrogens (tertiary/aromatic N) is 4. The van der Waals surface area contributed by atoms with Crippen molar-refractivity contribution in [3.63, 3.8) is 0 Å². The predicted molar refractivity (Wildman–Crippen MR) is 63.9 cm³/mol. The summed E-state index contributed by atoms with van der Waals surface area (Å²) in [7, 11) is 0. The van der Waals surface area contributed by atoms with Gasteiger partial charge in [-0.1, -0.05) is 0 Å². The first-order valence-electron chi connectivity index (χ1n) is 5.48. The van der Waals surface area contributed by atoms with Crippen LogP contribution in [0.4, 0.5) is 13.2 Å². The maximum atomic E-state index is 12.4. The minimum atomic E-state index is -4.27. The van der Waals surface area contributed by atoms with E-state index in [0.717, 1.165) is 4.57 Å². The van der Waals surface area contributed by atoms with Gasteiger partial charge < -0.3 is 4.57 Å². The maximum Gasteiger partial charge on any atom is 0.406 e. The molecule has 19 heavy (non-hydrogen) atoms. The summed E-state index contributed by atoms with van der Waals surface area (Å²) in [5.41, 5.74) is 1.30. The lowest BCUT2D eigenvalue weighted by Crippen LogP contribution is -2.18. The molecule has 2 heterocycles. The second-order valence-electron chi connectivity index (χ2n) is 3.95. The van der Waals surface area contributed by atoms with Gasteiger partial charge in [-0.2, -0.15) is 13.2 Å². The quantitative estimate of drug-likeness (QED) is 0.859. The molecule has 0 saturated carbocycles. The molecule has 2 rings (SSSR count). The van der Waals surface area contributed by atoms with E-state index in [1.165, 1.54) is 24.8 Å². The first kappa shape index (κ1) is 13.3. The summed E-state index contributed by atoms with van der Waals surface area (Å²) >= 11 is 0. The summed E-state index contributed by atoms with van der Waals surface area (Å²) in [5.74, 6) is 0.237. The molecule has 0 fully saturated rings. The Bertz CT molecular complexity index is 572. The van der Waals surface area contributed by atoms with E-state index >= 15 is 0 Å². The van der Waals surface area contributed by atoms with E-state index in [1.54, 1.807) is 19.2 Å². The zero-order valence-electron chi connectivity index (χ0n) is 10.1. The Labute approximate surface area is 107 Å². The van der Waals surface area contributed by atoms with Crippen LogP contribution in [-0.4, -0.2) is 25.7 Å². The van der Waals surface area contributed by atoms with E-state index < -0.39 is 12.7 Å². The number of hydrogen-bond acceptors (Lipinski definition) is 3. The molecule has 2 aromatic rings. The Morgan fingerprint density at radius 2 is 2.05 bits per heavy atom. The van der Waals surface area contributed by atoms with Crippen LogP contribution in [0.2, 0.25) is 0 Å². The van der Waals surface area contributed by atoms with E-state index in [1.807, 2.05) is 0 Å². The normalized spacial score (nSPS) is 12.7. The molecule has 0 spiro atoms. The molecule has 100 valence electrons. The molecule has 0 radical (unpaired) electrons. The topological polar surface area (TPSA) is 43.6 Å². The summed E-state index contributed by atoms with van der Waals surface area (Å²) in [4.78, 5) is 11.9. The highest BCUT2D eigenvalue weighted by Crippen LogP contribution is 2.20. The van der Waals surface area contributed by atoms with Gasteiger partial charge in [0.15, 0.2) is 0 Å². The second kappa shape index (κ2) is 5.21. The third-order valence-corrected chi connectivity index (χ3v) is 2.41. The average molecular weight is 268 g/mol. The van der Waals surface area contributed by atoms with Gasteiger partial charge in [0.25, 0.3) is 0 Å². The lowest BCUT2D eigenvalue weighted by Gasteiger charge is -2.09. The van der Waals surface area contributed by atoms with E-state index in [0.29, 0.717) is 11.3 Å². The predicted octanol–water partition coefficient (Wildman–Crippen LogP) is 2.80. The number of allylic oxidation sites excluding steroid dienone is 1. The van der Waals surface area contributed by atoms with Gasteiger partial charge >= 0.3 is 6.18 Å². The van der Waals surface area contributed by atoms with Crippen molar-refractivity contribution < 1.29 is 13.2 Å². The summed E-state index contributed by atoms with van der Waals surface area (Å²) < 4.78 is 38.1. The van der Waals surface area contributed by atoms with Gasteiger partial charge in [0, 0.05) is 24.8 Å². The fourth-order valence-corrected chi connectivity index (χ4v) is 1.56. The van der Waals surface area contributed by atoms with Gasteiger partial charge in [0.1, 0.15) is 12.4 Å². The van der Waals surface area contributed by atoms with Crippen LogP contribution in [0.25, 0.3) is 11.6 Å². The molecule has 0 aliphatic rings. The van der Waals surface area contributed by atoms with Crippen molar-refractivity contribution in [2.45, 2.75) is 19.6 Å². The Morgan fingerprint density at radius 1 is 1.26 bits per heavy atom. The standard InChI is InChI=1S/C12H11F3N4/c1-9(10-7-16-2-3-17-10)6-11-18-4-5-19(11)8-12(13,14)15/h2-7H,8H2,1H3/b9-6+. The molecular weight excluding hydrogens is 257 g/mol. The molecule has 0 aliphatic carbocycles. The van der Waals surface area contributed by atoms with E-state index in [4.69, 9.17) is 0 Å². The van der Waals surface area contributed by atoms with Gasteiger partial charge in [0.2, 0.25) is 0 Å². The highest BCUT2D eigenvalue weighted by molar-refractivity contribution is 5.76. The number of alkyl halides is 3. The first-order valence-corrected chi connectivity index (χ1v) is 5.48. The van der Waals surface area contributed by atoms with Crippen LogP contribution >= 0.6 is 0 Å². The molecule has 0 amide bonds. The van der Waals surface area contributed by atoms with Crippen molar-refractivity contribution in [2.24, 2.45) is 0 Å². The molecule has 7 heteroatoms. The Balaban J connectivity index is 2.26. The maximum absolute atomic E-state index is 12.4. The molecule has 0 saturated heterocycles. The molecule has 0 unspecified atom stereocenters. The van der Waals surface area contributed by atoms with E-state index in [9.17, 15) is 13.2 Å². The smallest absolute Gasteiger partial charge is 0.322 e. The van der Waals surface area contributed by atoms with Crippen molar-refractivity contribution in [1.82, 2.24) is 19.5 Å². The lowest BCUT2D eigenvalue weighted by molar-refractivity contribution is -0.140. The fourth-order valence-electron chi connectivity index (χ4n) is 1.56. The van der Waals surface area contributed by atoms with Crippen LogP contribution in [0.15, 0.2) is 31.0 Å². The van der Waals surface area contributed by atoms with Gasteiger partial charge in [-0.25, -0.2) is 4.98 Å². The van der Waals surface area contributed by atoms with Crippen LogP contribution in [0.1, 0.15) is 18.4 Å². The van der Waals surface area contributed by atoms with Crippen LogP contribution < -0.4 is 0 Å². The Morgan fingerprint density at radius 3 is 2.68 bits per heavy atom. The van der Waals surface area contributed by atoms with Crippen molar-refractivity contribution in [2.75, 3.05) is 0 Å². The molecule has 0 bridgehead atoms. The number of hydrogen-bond donors (Lipinski definition) is 0. The lowest BCUT2D eigenvalue weighted by atomic mass is 10.2. The van der Waals surface area contributed by atoms with E-state index in [-0.39, 0.29) is 5.82 Å². The number of imidazole rings is 1. The molecule has 2 aromatic heterocycles. The third kappa shape index (κ3) is 3.64. The van der Waals surface area contributed by atoms with Crippen molar-refractivity contribution >= 4 is 11.6 Å². The van der Waals surface area contributed by atoms with Crippen LogP contribution in [0, 0.1) is 0 Å². The zero-order valence-corrected chi connectivity index (χ0v) is 10.1. The van der Waals surface area contributed by atoms with Gasteiger partial charge in [0.05, 0.1) is 11.9 Å². The van der Waals surface area contributed by atoms with Crippen LogP contribution in [0.5, 0.6) is 0 Å². The summed E-state index contributed by atoms with van der Waals surface area (Å²) in [6.45, 7) is 0.684. The third-order valence-electron chi connectivity index (χ3n) is 2.41. The van der Waals surface area contributed by atoms with Crippen LogP contribution in [0.3, 0.4) is 0 Å². The molecule has 4 nitrogen and oxygen atoms in total. The van der Waals surface area contributed by atoms with E-state index in [2.05, 4.69) is 15.0 Å². The number of rotatable bonds is 3. The molecule has 0 N–H and O–H groups in total. The first-order chi connectivity index (χ1) is 8.96. The van der Waals surface area contributed by atoms with Crippen molar-refractivity contribution in [3.05, 3.63) is 42.5 Å². The summed E-state index contributed by atoms with van der Waals surface area (Å²) in [5, 5.41) is 0. The van der Waals surface area contributed by atoms with Crippen LogP contribution in [-0.2, 0) is 6.54 Å². The monoisotopic (exact) mass is 268 g/mol. The average Bonchev–Trinajstić information content (AvgIpc) is 2.75. The van der Waals surface area contributed by atoms with Gasteiger partial charge in [-0.3, -0.25) is 9.97 Å². The summed E-state index contributed by atoms with van der Waals surface area (Å²) in [6, 6.07) is 0. The largest absolute Gasteiger partial charge is 0.406 e. The molecular formula is C12H11F3N4. The molecule has 0 aliphatic heterocycles. The zero-order chi connectivity index (χ0) is 13.9. The number of aromatic nitrogens is 4. The minimum absolute atomic E-state index is 0.237. The molecule has 0 aromatic carbocycles. The SMILES string of the molecule is C/C(=C\c1nccn1CC(F)(F)F)c1cnccn1.